The number of carbonyl (C=O) groups is 1. The molecule has 1 atom stereocenters. The van der Waals surface area contributed by atoms with Gasteiger partial charge < -0.3 is 16.0 Å². The topological polar surface area (TPSA) is 78.9 Å². The largest absolute Gasteiger partial charge is 0.368 e. The van der Waals surface area contributed by atoms with Gasteiger partial charge in [-0.05, 0) is 32.7 Å². The maximum atomic E-state index is 11.9. The Labute approximate surface area is 125 Å². The van der Waals surface area contributed by atoms with Crippen LogP contribution in [0, 0.1) is 6.92 Å². The molecule has 3 rings (SSSR count). The van der Waals surface area contributed by atoms with Crippen molar-refractivity contribution in [2.75, 3.05) is 25.0 Å². The van der Waals surface area contributed by atoms with Crippen LogP contribution in [0.2, 0.25) is 0 Å². The first-order valence-electron chi connectivity index (χ1n) is 7.87. The molecule has 2 aliphatic heterocycles. The lowest BCUT2D eigenvalue weighted by atomic mass is 10.1. The zero-order chi connectivity index (χ0) is 14.7. The molecule has 21 heavy (non-hydrogen) atoms. The zero-order valence-corrected chi connectivity index (χ0v) is 12.5. The molecule has 0 aromatic carbocycles. The van der Waals surface area contributed by atoms with E-state index in [1.165, 1.54) is 25.7 Å². The van der Waals surface area contributed by atoms with Crippen molar-refractivity contribution in [3.8, 4) is 0 Å². The van der Waals surface area contributed by atoms with Gasteiger partial charge in [0.2, 0.25) is 0 Å². The van der Waals surface area contributed by atoms with Crippen LogP contribution in [-0.4, -0.2) is 41.6 Å². The van der Waals surface area contributed by atoms with E-state index < -0.39 is 0 Å². The van der Waals surface area contributed by atoms with Crippen LogP contribution in [0.4, 0.5) is 5.82 Å². The SMILES string of the molecule is Cc1nc(NCC2CCCCCN2)c2c(n1)C(=O)NCC2. The monoisotopic (exact) mass is 289 g/mol. The zero-order valence-electron chi connectivity index (χ0n) is 12.5. The highest BCUT2D eigenvalue weighted by molar-refractivity contribution is 5.95. The van der Waals surface area contributed by atoms with Gasteiger partial charge in [0.15, 0.2) is 0 Å². The molecule has 0 aliphatic carbocycles. The van der Waals surface area contributed by atoms with E-state index in [0.717, 1.165) is 30.9 Å². The first-order chi connectivity index (χ1) is 10.2. The summed E-state index contributed by atoms with van der Waals surface area (Å²) in [7, 11) is 0. The van der Waals surface area contributed by atoms with E-state index in [2.05, 4.69) is 25.9 Å². The third kappa shape index (κ3) is 3.32. The lowest BCUT2D eigenvalue weighted by Gasteiger charge is -2.22. The Morgan fingerprint density at radius 3 is 3.05 bits per heavy atom. The summed E-state index contributed by atoms with van der Waals surface area (Å²) in [6.45, 7) is 4.44. The van der Waals surface area contributed by atoms with Gasteiger partial charge in [-0.2, -0.15) is 0 Å². The number of hydrogen-bond acceptors (Lipinski definition) is 5. The average Bonchev–Trinajstić information content (AvgIpc) is 2.74. The Morgan fingerprint density at radius 1 is 1.24 bits per heavy atom. The molecular formula is C15H23N5O. The van der Waals surface area contributed by atoms with Crippen molar-refractivity contribution in [3.05, 3.63) is 17.1 Å². The number of nitrogens with one attached hydrogen (secondary N) is 3. The molecule has 1 fully saturated rings. The van der Waals surface area contributed by atoms with Crippen molar-refractivity contribution < 1.29 is 4.79 Å². The minimum atomic E-state index is -0.0857. The third-order valence-corrected chi connectivity index (χ3v) is 4.17. The lowest BCUT2D eigenvalue weighted by molar-refractivity contribution is 0.0940. The van der Waals surface area contributed by atoms with Crippen molar-refractivity contribution in [1.29, 1.82) is 0 Å². The van der Waals surface area contributed by atoms with Crippen LogP contribution in [-0.2, 0) is 6.42 Å². The molecular weight excluding hydrogens is 266 g/mol. The van der Waals surface area contributed by atoms with Gasteiger partial charge in [0.25, 0.3) is 5.91 Å². The summed E-state index contributed by atoms with van der Waals surface area (Å²) >= 11 is 0. The number of aromatic nitrogens is 2. The van der Waals surface area contributed by atoms with E-state index in [0.29, 0.717) is 24.1 Å². The predicted molar refractivity (Wildman–Crippen MR) is 81.6 cm³/mol. The van der Waals surface area contributed by atoms with Gasteiger partial charge >= 0.3 is 0 Å². The Kier molecular flexibility index (Phi) is 4.34. The Balaban J connectivity index is 1.74. The number of nitrogens with zero attached hydrogens (tertiary/aromatic N) is 2. The second kappa shape index (κ2) is 6.39. The smallest absolute Gasteiger partial charge is 0.270 e. The first-order valence-corrected chi connectivity index (χ1v) is 7.87. The van der Waals surface area contributed by atoms with Gasteiger partial charge in [-0.1, -0.05) is 12.8 Å². The van der Waals surface area contributed by atoms with Crippen LogP contribution < -0.4 is 16.0 Å². The Bertz CT molecular complexity index is 523. The summed E-state index contributed by atoms with van der Waals surface area (Å²) < 4.78 is 0. The van der Waals surface area contributed by atoms with Crippen molar-refractivity contribution >= 4 is 11.7 Å². The minimum absolute atomic E-state index is 0.0857. The van der Waals surface area contributed by atoms with Crippen LogP contribution in [0.15, 0.2) is 0 Å². The van der Waals surface area contributed by atoms with E-state index in [1.54, 1.807) is 0 Å². The molecule has 1 aromatic heterocycles. The summed E-state index contributed by atoms with van der Waals surface area (Å²) in [5.74, 6) is 1.39. The number of hydrogen-bond donors (Lipinski definition) is 3. The predicted octanol–water partition coefficient (Wildman–Crippen LogP) is 1.02. The molecule has 3 N–H and O–H groups in total. The summed E-state index contributed by atoms with van der Waals surface area (Å²) in [5.41, 5.74) is 1.49. The van der Waals surface area contributed by atoms with Crippen molar-refractivity contribution in [3.63, 3.8) is 0 Å². The van der Waals surface area contributed by atoms with Crippen LogP contribution in [0.25, 0.3) is 0 Å². The number of anilines is 1. The summed E-state index contributed by atoms with van der Waals surface area (Å²) in [6, 6.07) is 0.482. The molecule has 1 unspecified atom stereocenters. The molecule has 0 saturated carbocycles. The van der Waals surface area contributed by atoms with E-state index in [9.17, 15) is 4.79 Å². The molecule has 6 nitrogen and oxygen atoms in total. The summed E-state index contributed by atoms with van der Waals surface area (Å²) in [4.78, 5) is 20.7. The highest BCUT2D eigenvalue weighted by atomic mass is 16.1. The fraction of sp³-hybridized carbons (Fsp3) is 0.667. The fourth-order valence-electron chi connectivity index (χ4n) is 3.05. The van der Waals surface area contributed by atoms with E-state index >= 15 is 0 Å². The number of aryl methyl sites for hydroxylation is 1. The molecule has 6 heteroatoms. The molecule has 114 valence electrons. The number of rotatable bonds is 3. The fourth-order valence-corrected chi connectivity index (χ4v) is 3.05. The first kappa shape index (κ1) is 14.3. The Hall–Kier alpha value is -1.69. The minimum Gasteiger partial charge on any atom is -0.368 e. The molecule has 0 radical (unpaired) electrons. The van der Waals surface area contributed by atoms with Crippen LogP contribution in [0.1, 0.15) is 47.6 Å². The van der Waals surface area contributed by atoms with Crippen LogP contribution >= 0.6 is 0 Å². The van der Waals surface area contributed by atoms with Gasteiger partial charge in [-0.15, -0.1) is 0 Å². The number of carbonyl (C=O) groups excluding carboxylic acids is 1. The molecule has 1 amide bonds. The molecule has 1 aromatic rings. The molecule has 0 spiro atoms. The van der Waals surface area contributed by atoms with Crippen molar-refractivity contribution in [1.82, 2.24) is 20.6 Å². The number of amides is 1. The number of fused-ring (bicyclic) bond motifs is 1. The molecule has 1 saturated heterocycles. The lowest BCUT2D eigenvalue weighted by Crippen LogP contribution is -2.37. The normalized spacial score (nSPS) is 22.1. The van der Waals surface area contributed by atoms with Gasteiger partial charge in [-0.25, -0.2) is 9.97 Å². The maximum Gasteiger partial charge on any atom is 0.270 e. The van der Waals surface area contributed by atoms with Crippen molar-refractivity contribution in [2.45, 2.75) is 45.1 Å². The highest BCUT2D eigenvalue weighted by Crippen LogP contribution is 2.20. The molecule has 0 bridgehead atoms. The van der Waals surface area contributed by atoms with Crippen LogP contribution in [0.5, 0.6) is 0 Å². The average molecular weight is 289 g/mol. The van der Waals surface area contributed by atoms with Crippen molar-refractivity contribution in [2.24, 2.45) is 0 Å². The standard InChI is InChI=1S/C15H23N5O/c1-10-19-13-12(6-8-17-15(13)21)14(20-10)18-9-11-5-3-2-4-7-16-11/h11,16H,2-9H2,1H3,(H,17,21)(H,18,19,20). The maximum absolute atomic E-state index is 11.9. The van der Waals surface area contributed by atoms with Gasteiger partial charge in [0.1, 0.15) is 17.3 Å². The third-order valence-electron chi connectivity index (χ3n) is 4.17. The van der Waals surface area contributed by atoms with Gasteiger partial charge in [0.05, 0.1) is 0 Å². The van der Waals surface area contributed by atoms with E-state index in [4.69, 9.17) is 0 Å². The highest BCUT2D eigenvalue weighted by Gasteiger charge is 2.23. The van der Waals surface area contributed by atoms with Crippen LogP contribution in [0.3, 0.4) is 0 Å². The summed E-state index contributed by atoms with van der Waals surface area (Å²) in [6.07, 6.45) is 5.84. The molecule has 3 heterocycles. The molecule has 2 aliphatic rings. The second-order valence-corrected chi connectivity index (χ2v) is 5.83. The second-order valence-electron chi connectivity index (χ2n) is 5.83. The Morgan fingerprint density at radius 2 is 2.14 bits per heavy atom. The van der Waals surface area contributed by atoms with E-state index in [1.807, 2.05) is 6.92 Å². The quantitative estimate of drug-likeness (QED) is 0.774. The van der Waals surface area contributed by atoms with Gasteiger partial charge in [-0.3, -0.25) is 4.79 Å². The van der Waals surface area contributed by atoms with E-state index in [-0.39, 0.29) is 5.91 Å². The summed E-state index contributed by atoms with van der Waals surface area (Å²) in [5, 5.41) is 9.85. The van der Waals surface area contributed by atoms with Gasteiger partial charge in [0, 0.05) is 24.7 Å².